The lowest BCUT2D eigenvalue weighted by Crippen LogP contribution is -2.44. The second-order valence-electron chi connectivity index (χ2n) is 8.42. The minimum atomic E-state index is -3.31. The van der Waals surface area contributed by atoms with Crippen LogP contribution >= 0.6 is 0 Å². The molecule has 2 aromatic carbocycles. The van der Waals surface area contributed by atoms with Gasteiger partial charge in [0.15, 0.2) is 0 Å². The van der Waals surface area contributed by atoms with E-state index in [-0.39, 0.29) is 30.0 Å². The monoisotopic (exact) mass is 455 g/mol. The largest absolute Gasteiger partial charge is 0.326 e. The van der Waals surface area contributed by atoms with Gasteiger partial charge in [0, 0.05) is 36.6 Å². The highest BCUT2D eigenvalue weighted by Crippen LogP contribution is 2.29. The third-order valence-corrected chi connectivity index (χ3v) is 8.18. The summed E-state index contributed by atoms with van der Waals surface area (Å²) in [6.45, 7) is 3.19. The average Bonchev–Trinajstić information content (AvgIpc) is 3.23. The number of piperidine rings is 1. The van der Waals surface area contributed by atoms with E-state index in [0.717, 1.165) is 12.1 Å². The number of anilines is 2. The lowest BCUT2D eigenvalue weighted by atomic mass is 9.98. The molecule has 0 spiro atoms. The van der Waals surface area contributed by atoms with Crippen LogP contribution in [0.2, 0.25) is 0 Å². The molecule has 2 amide bonds. The lowest BCUT2D eigenvalue weighted by Gasteiger charge is -2.31. The molecule has 32 heavy (non-hydrogen) atoms. The molecule has 0 aromatic heterocycles. The maximum atomic E-state index is 13.0. The first-order chi connectivity index (χ1) is 15.4. The Kier molecular flexibility index (Phi) is 6.62. The SMILES string of the molecule is CCCS(=O)(=O)N1CCCC(C(=O)Nc2ccc(C(=O)N3CCc4ccccc43)cc2)C1. The van der Waals surface area contributed by atoms with Gasteiger partial charge in [-0.05, 0) is 61.6 Å². The van der Waals surface area contributed by atoms with Crippen LogP contribution in [0.15, 0.2) is 48.5 Å². The van der Waals surface area contributed by atoms with Crippen LogP contribution in [0.1, 0.15) is 42.1 Å². The Balaban J connectivity index is 1.38. The number of fused-ring (bicyclic) bond motifs is 1. The molecule has 1 N–H and O–H groups in total. The predicted octanol–water partition coefficient (Wildman–Crippen LogP) is 3.28. The zero-order chi connectivity index (χ0) is 22.7. The fourth-order valence-electron chi connectivity index (χ4n) is 4.44. The van der Waals surface area contributed by atoms with Crippen LogP contribution in [0, 0.1) is 5.92 Å². The first kappa shape index (κ1) is 22.5. The van der Waals surface area contributed by atoms with Gasteiger partial charge < -0.3 is 10.2 Å². The summed E-state index contributed by atoms with van der Waals surface area (Å²) in [4.78, 5) is 27.5. The summed E-state index contributed by atoms with van der Waals surface area (Å²) < 4.78 is 26.2. The summed E-state index contributed by atoms with van der Waals surface area (Å²) in [7, 11) is -3.31. The number of rotatable bonds is 6. The first-order valence-electron chi connectivity index (χ1n) is 11.2. The Labute approximate surface area is 189 Å². The van der Waals surface area contributed by atoms with Crippen LogP contribution in [-0.2, 0) is 21.2 Å². The fourth-order valence-corrected chi connectivity index (χ4v) is 6.03. The Bertz CT molecular complexity index is 1100. The minimum Gasteiger partial charge on any atom is -0.326 e. The first-order valence-corrected chi connectivity index (χ1v) is 12.8. The van der Waals surface area contributed by atoms with Crippen molar-refractivity contribution >= 4 is 33.2 Å². The quantitative estimate of drug-likeness (QED) is 0.724. The topological polar surface area (TPSA) is 86.8 Å². The van der Waals surface area contributed by atoms with Gasteiger partial charge in [0.05, 0.1) is 11.7 Å². The Hall–Kier alpha value is -2.71. The summed E-state index contributed by atoms with van der Waals surface area (Å²) in [5, 5.41) is 2.88. The summed E-state index contributed by atoms with van der Waals surface area (Å²) in [5.74, 6) is -0.512. The van der Waals surface area contributed by atoms with E-state index in [1.165, 1.54) is 9.87 Å². The number of carbonyl (C=O) groups excluding carboxylic acids is 2. The van der Waals surface area contributed by atoms with E-state index in [4.69, 9.17) is 0 Å². The van der Waals surface area contributed by atoms with Crippen molar-refractivity contribution in [1.82, 2.24) is 4.31 Å². The number of nitrogens with one attached hydrogen (secondary N) is 1. The lowest BCUT2D eigenvalue weighted by molar-refractivity contribution is -0.120. The van der Waals surface area contributed by atoms with Crippen molar-refractivity contribution in [2.75, 3.05) is 35.6 Å². The molecule has 170 valence electrons. The maximum absolute atomic E-state index is 13.0. The number of amides is 2. The van der Waals surface area contributed by atoms with Crippen LogP contribution in [-0.4, -0.2) is 49.9 Å². The molecule has 0 radical (unpaired) electrons. The van der Waals surface area contributed by atoms with E-state index in [9.17, 15) is 18.0 Å². The maximum Gasteiger partial charge on any atom is 0.258 e. The Morgan fingerprint density at radius 3 is 2.56 bits per heavy atom. The van der Waals surface area contributed by atoms with Crippen LogP contribution in [0.3, 0.4) is 0 Å². The molecule has 2 aromatic rings. The van der Waals surface area contributed by atoms with Gasteiger partial charge in [0.25, 0.3) is 5.91 Å². The molecule has 1 saturated heterocycles. The second kappa shape index (κ2) is 9.42. The van der Waals surface area contributed by atoms with Crippen LogP contribution < -0.4 is 10.2 Å². The highest BCUT2D eigenvalue weighted by molar-refractivity contribution is 7.89. The van der Waals surface area contributed by atoms with Gasteiger partial charge in [-0.1, -0.05) is 25.1 Å². The van der Waals surface area contributed by atoms with Crippen molar-refractivity contribution in [3.8, 4) is 0 Å². The van der Waals surface area contributed by atoms with Crippen molar-refractivity contribution in [2.45, 2.75) is 32.6 Å². The molecule has 0 aliphatic carbocycles. The number of benzene rings is 2. The fraction of sp³-hybridized carbons (Fsp3) is 0.417. The van der Waals surface area contributed by atoms with Gasteiger partial charge in [0.2, 0.25) is 15.9 Å². The van der Waals surface area contributed by atoms with Gasteiger partial charge in [-0.3, -0.25) is 9.59 Å². The third kappa shape index (κ3) is 4.71. The molecule has 7 nitrogen and oxygen atoms in total. The van der Waals surface area contributed by atoms with Crippen molar-refractivity contribution in [3.05, 3.63) is 59.7 Å². The average molecular weight is 456 g/mol. The number of hydrogen-bond donors (Lipinski definition) is 1. The molecular weight excluding hydrogens is 426 g/mol. The molecule has 1 fully saturated rings. The predicted molar refractivity (Wildman–Crippen MR) is 125 cm³/mol. The van der Waals surface area contributed by atoms with E-state index in [2.05, 4.69) is 5.32 Å². The van der Waals surface area contributed by atoms with Gasteiger partial charge in [-0.15, -0.1) is 0 Å². The van der Waals surface area contributed by atoms with Crippen molar-refractivity contribution in [1.29, 1.82) is 0 Å². The molecule has 2 aliphatic rings. The molecule has 2 heterocycles. The van der Waals surface area contributed by atoms with E-state index in [0.29, 0.717) is 43.6 Å². The molecular formula is C24H29N3O4S. The molecule has 0 saturated carbocycles. The summed E-state index contributed by atoms with van der Waals surface area (Å²) in [5.41, 5.74) is 3.29. The summed E-state index contributed by atoms with van der Waals surface area (Å²) in [6, 6.07) is 14.8. The van der Waals surface area contributed by atoms with Gasteiger partial charge >= 0.3 is 0 Å². The molecule has 4 rings (SSSR count). The van der Waals surface area contributed by atoms with Crippen molar-refractivity contribution < 1.29 is 18.0 Å². The summed E-state index contributed by atoms with van der Waals surface area (Å²) >= 11 is 0. The Morgan fingerprint density at radius 1 is 1.06 bits per heavy atom. The molecule has 1 unspecified atom stereocenters. The van der Waals surface area contributed by atoms with Crippen LogP contribution in [0.5, 0.6) is 0 Å². The zero-order valence-corrected chi connectivity index (χ0v) is 19.1. The molecule has 2 aliphatic heterocycles. The molecule has 1 atom stereocenters. The van der Waals surface area contributed by atoms with E-state index >= 15 is 0 Å². The van der Waals surface area contributed by atoms with Crippen molar-refractivity contribution in [2.24, 2.45) is 5.92 Å². The molecule has 8 heteroatoms. The van der Waals surface area contributed by atoms with Gasteiger partial charge in [-0.25, -0.2) is 12.7 Å². The second-order valence-corrected chi connectivity index (χ2v) is 10.5. The van der Waals surface area contributed by atoms with Gasteiger partial charge in [-0.2, -0.15) is 0 Å². The van der Waals surface area contributed by atoms with E-state index < -0.39 is 10.0 Å². The number of hydrogen-bond acceptors (Lipinski definition) is 4. The van der Waals surface area contributed by atoms with Crippen LogP contribution in [0.4, 0.5) is 11.4 Å². The van der Waals surface area contributed by atoms with E-state index in [1.807, 2.05) is 31.2 Å². The van der Waals surface area contributed by atoms with Crippen molar-refractivity contribution in [3.63, 3.8) is 0 Å². The highest BCUT2D eigenvalue weighted by atomic mass is 32.2. The minimum absolute atomic E-state index is 0.0584. The smallest absolute Gasteiger partial charge is 0.258 e. The summed E-state index contributed by atoms with van der Waals surface area (Å²) in [6.07, 6.45) is 2.74. The normalized spacial score (nSPS) is 18.9. The Morgan fingerprint density at radius 2 is 1.81 bits per heavy atom. The standard InChI is InChI=1S/C24H29N3O4S/c1-2-16-32(30,31)26-14-5-7-20(17-26)23(28)25-21-11-9-19(10-12-21)24(29)27-15-13-18-6-3-4-8-22(18)27/h3-4,6,8-12,20H,2,5,7,13-17H2,1H3,(H,25,28). The number of carbonyl (C=O) groups is 2. The third-order valence-electron chi connectivity index (χ3n) is 6.14. The number of para-hydroxylation sites is 1. The number of sulfonamides is 1. The number of nitrogens with zero attached hydrogens (tertiary/aromatic N) is 2. The highest BCUT2D eigenvalue weighted by Gasteiger charge is 2.32. The van der Waals surface area contributed by atoms with Gasteiger partial charge in [0.1, 0.15) is 0 Å². The zero-order valence-electron chi connectivity index (χ0n) is 18.3. The molecule has 0 bridgehead atoms. The van der Waals surface area contributed by atoms with E-state index in [1.54, 1.807) is 29.2 Å². The van der Waals surface area contributed by atoms with Crippen LogP contribution in [0.25, 0.3) is 0 Å².